The van der Waals surface area contributed by atoms with E-state index >= 15 is 0 Å². The maximum absolute atomic E-state index is 14.3. The molecule has 0 aromatic heterocycles. The molecule has 4 aromatic rings. The van der Waals surface area contributed by atoms with Crippen LogP contribution in [0.5, 0.6) is 0 Å². The molecule has 1 aliphatic heterocycles. The fourth-order valence-electron chi connectivity index (χ4n) is 4.41. The van der Waals surface area contributed by atoms with Crippen LogP contribution in [0.2, 0.25) is 0 Å². The molecule has 5 nitrogen and oxygen atoms in total. The molecule has 170 valence electrons. The van der Waals surface area contributed by atoms with Crippen LogP contribution in [0, 0.1) is 0 Å². The summed E-state index contributed by atoms with van der Waals surface area (Å²) in [5, 5.41) is 0. The molecule has 0 spiro atoms. The van der Waals surface area contributed by atoms with Crippen LogP contribution >= 0.6 is 15.9 Å². The molecule has 1 aliphatic rings. The van der Waals surface area contributed by atoms with E-state index in [2.05, 4.69) is 15.9 Å². The van der Waals surface area contributed by atoms with Gasteiger partial charge in [-0.15, -0.1) is 0 Å². The fraction of sp³-hybridized carbons (Fsp3) is 0.0741. The molecule has 0 saturated heterocycles. The van der Waals surface area contributed by atoms with Gasteiger partial charge in [-0.25, -0.2) is 12.7 Å². The second-order valence-corrected chi connectivity index (χ2v) is 10.7. The summed E-state index contributed by atoms with van der Waals surface area (Å²) >= 11 is 3.35. The molecule has 7 heteroatoms. The predicted octanol–water partition coefficient (Wildman–Crippen LogP) is 6.08. The van der Waals surface area contributed by atoms with Crippen molar-refractivity contribution in [2.75, 3.05) is 16.3 Å². The minimum absolute atomic E-state index is 0.0439. The van der Waals surface area contributed by atoms with Crippen molar-refractivity contribution >= 4 is 48.9 Å². The number of halogens is 1. The third kappa shape index (κ3) is 3.71. The van der Waals surface area contributed by atoms with Crippen LogP contribution in [0.1, 0.15) is 17.0 Å². The summed E-state index contributed by atoms with van der Waals surface area (Å²) in [7, 11) is -2.24. The second kappa shape index (κ2) is 8.74. The number of sulfonamides is 1. The number of carbonyl (C=O) groups excluding carboxylic acids is 1. The van der Waals surface area contributed by atoms with Crippen molar-refractivity contribution in [3.05, 3.63) is 119 Å². The Kier molecular flexibility index (Phi) is 5.75. The average Bonchev–Trinajstić information content (AvgIpc) is 2.85. The number of hydrogen-bond acceptors (Lipinski definition) is 4. The Bertz CT molecular complexity index is 1420. The normalized spacial score (nSPS) is 13.2. The van der Waals surface area contributed by atoms with E-state index in [-0.39, 0.29) is 4.90 Å². The maximum Gasteiger partial charge on any atom is 0.270 e. The first-order valence-corrected chi connectivity index (χ1v) is 12.9. The first kappa shape index (κ1) is 22.4. The lowest BCUT2D eigenvalue weighted by Gasteiger charge is -2.36. The van der Waals surface area contributed by atoms with E-state index in [9.17, 15) is 13.2 Å². The molecule has 0 fully saturated rings. The van der Waals surface area contributed by atoms with Crippen molar-refractivity contribution in [3.8, 4) is 0 Å². The Morgan fingerprint density at radius 3 is 1.82 bits per heavy atom. The standard InChI is InChI=1S/C27H21BrN2O3S/c1-29-24-13-7-5-11-22(24)26(23-12-6-8-14-25(23)29)27(31)30(20-9-3-2-4-10-20)34(32,33)21-17-15-19(28)16-18-21/h2-18,26H,1H3. The minimum atomic E-state index is -4.19. The van der Waals surface area contributed by atoms with E-state index in [1.165, 1.54) is 12.1 Å². The Morgan fingerprint density at radius 1 is 0.765 bits per heavy atom. The van der Waals surface area contributed by atoms with E-state index in [0.29, 0.717) is 5.69 Å². The summed E-state index contributed by atoms with van der Waals surface area (Å²) in [6.07, 6.45) is 0. The Labute approximate surface area is 207 Å². The van der Waals surface area contributed by atoms with Crippen molar-refractivity contribution in [1.82, 2.24) is 0 Å². The Balaban J connectivity index is 1.72. The van der Waals surface area contributed by atoms with Crippen LogP contribution in [0.3, 0.4) is 0 Å². The largest absolute Gasteiger partial charge is 0.344 e. The number of para-hydroxylation sites is 3. The lowest BCUT2D eigenvalue weighted by atomic mass is 9.84. The van der Waals surface area contributed by atoms with Gasteiger partial charge in [-0.3, -0.25) is 4.79 Å². The van der Waals surface area contributed by atoms with Gasteiger partial charge in [-0.2, -0.15) is 0 Å². The second-order valence-electron chi connectivity index (χ2n) is 8.01. The van der Waals surface area contributed by atoms with Crippen molar-refractivity contribution in [3.63, 3.8) is 0 Å². The molecule has 0 atom stereocenters. The minimum Gasteiger partial charge on any atom is -0.344 e. The molecule has 1 heterocycles. The zero-order valence-electron chi connectivity index (χ0n) is 18.3. The number of carbonyl (C=O) groups is 1. The smallest absolute Gasteiger partial charge is 0.270 e. The molecular weight excluding hydrogens is 512 g/mol. The van der Waals surface area contributed by atoms with Gasteiger partial charge in [-0.05, 0) is 59.7 Å². The molecule has 0 unspecified atom stereocenters. The molecule has 1 amide bonds. The zero-order chi connectivity index (χ0) is 23.9. The molecular formula is C27H21BrN2O3S. The lowest BCUT2D eigenvalue weighted by Crippen LogP contribution is -2.42. The van der Waals surface area contributed by atoms with Gasteiger partial charge in [0.25, 0.3) is 15.9 Å². The topological polar surface area (TPSA) is 57.7 Å². The Morgan fingerprint density at radius 2 is 1.26 bits per heavy atom. The summed E-state index contributed by atoms with van der Waals surface area (Å²) in [4.78, 5) is 16.4. The van der Waals surface area contributed by atoms with Crippen molar-refractivity contribution in [2.45, 2.75) is 10.8 Å². The van der Waals surface area contributed by atoms with Gasteiger partial charge >= 0.3 is 0 Å². The molecule has 4 aromatic carbocycles. The van der Waals surface area contributed by atoms with Crippen molar-refractivity contribution in [2.24, 2.45) is 0 Å². The van der Waals surface area contributed by atoms with Crippen molar-refractivity contribution in [1.29, 1.82) is 0 Å². The number of hydrogen-bond donors (Lipinski definition) is 0. The van der Waals surface area contributed by atoms with E-state index in [1.807, 2.05) is 60.5 Å². The summed E-state index contributed by atoms with van der Waals surface area (Å²) in [5.74, 6) is -1.31. The number of fused-ring (bicyclic) bond motifs is 2. The number of amides is 1. The van der Waals surface area contributed by atoms with Gasteiger partial charge in [0.2, 0.25) is 0 Å². The van der Waals surface area contributed by atoms with Crippen LogP contribution in [-0.2, 0) is 14.8 Å². The highest BCUT2D eigenvalue weighted by Crippen LogP contribution is 2.46. The Hall–Kier alpha value is -3.42. The highest BCUT2D eigenvalue weighted by molar-refractivity contribution is 9.10. The van der Waals surface area contributed by atoms with Crippen LogP contribution < -0.4 is 9.21 Å². The number of rotatable bonds is 4. The molecule has 0 radical (unpaired) electrons. The van der Waals surface area contributed by atoms with E-state index in [4.69, 9.17) is 0 Å². The SMILES string of the molecule is CN1c2ccccc2C(C(=O)N(c2ccccc2)S(=O)(=O)c2ccc(Br)cc2)c2ccccc21. The summed E-state index contributed by atoms with van der Waals surface area (Å²) in [6.45, 7) is 0. The number of anilines is 3. The van der Waals surface area contributed by atoms with Crippen LogP contribution in [0.4, 0.5) is 17.1 Å². The average molecular weight is 533 g/mol. The van der Waals surface area contributed by atoms with Gasteiger partial charge in [-0.1, -0.05) is 70.5 Å². The van der Waals surface area contributed by atoms with Gasteiger partial charge in [0, 0.05) is 22.9 Å². The molecule has 0 N–H and O–H groups in total. The van der Waals surface area contributed by atoms with E-state index < -0.39 is 21.8 Å². The predicted molar refractivity (Wildman–Crippen MR) is 138 cm³/mol. The fourth-order valence-corrected chi connectivity index (χ4v) is 6.11. The van der Waals surface area contributed by atoms with Gasteiger partial charge < -0.3 is 4.90 Å². The molecule has 5 rings (SSSR count). The number of nitrogens with zero attached hydrogens (tertiary/aromatic N) is 2. The molecule has 0 bridgehead atoms. The summed E-state index contributed by atoms with van der Waals surface area (Å²) < 4.78 is 29.5. The lowest BCUT2D eigenvalue weighted by molar-refractivity contribution is -0.118. The summed E-state index contributed by atoms with van der Waals surface area (Å²) in [5.41, 5.74) is 3.56. The van der Waals surface area contributed by atoms with Gasteiger partial charge in [0.05, 0.1) is 16.5 Å². The third-order valence-corrected chi connectivity index (χ3v) is 8.28. The van der Waals surface area contributed by atoms with Gasteiger partial charge in [0.1, 0.15) is 0 Å². The van der Waals surface area contributed by atoms with Crippen molar-refractivity contribution < 1.29 is 13.2 Å². The van der Waals surface area contributed by atoms with Crippen LogP contribution in [0.15, 0.2) is 112 Å². The maximum atomic E-state index is 14.3. The highest BCUT2D eigenvalue weighted by atomic mass is 79.9. The quantitative estimate of drug-likeness (QED) is 0.319. The summed E-state index contributed by atoms with van der Waals surface area (Å²) in [6, 6.07) is 30.1. The highest BCUT2D eigenvalue weighted by Gasteiger charge is 2.41. The molecule has 0 aliphatic carbocycles. The van der Waals surface area contributed by atoms with Gasteiger partial charge in [0.15, 0.2) is 0 Å². The monoisotopic (exact) mass is 532 g/mol. The van der Waals surface area contributed by atoms with Crippen LogP contribution in [0.25, 0.3) is 0 Å². The first-order valence-electron chi connectivity index (χ1n) is 10.7. The number of benzene rings is 4. The third-order valence-electron chi connectivity index (χ3n) is 6.01. The molecule has 34 heavy (non-hydrogen) atoms. The van der Waals surface area contributed by atoms with E-state index in [1.54, 1.807) is 42.5 Å². The zero-order valence-corrected chi connectivity index (χ0v) is 20.7. The molecule has 0 saturated carbocycles. The van der Waals surface area contributed by atoms with Crippen LogP contribution in [-0.4, -0.2) is 21.4 Å². The van der Waals surface area contributed by atoms with E-state index in [0.717, 1.165) is 31.3 Å². The first-order chi connectivity index (χ1) is 16.4.